The van der Waals surface area contributed by atoms with E-state index in [-0.39, 0.29) is 0 Å². The third-order valence-corrected chi connectivity index (χ3v) is 2.50. The minimum absolute atomic E-state index is 0.500. The van der Waals surface area contributed by atoms with Gasteiger partial charge in [0.2, 0.25) is 5.82 Å². The molecule has 0 amide bonds. The highest BCUT2D eigenvalue weighted by Gasteiger charge is 2.18. The van der Waals surface area contributed by atoms with Crippen molar-refractivity contribution in [2.24, 2.45) is 0 Å². The molecule has 1 heterocycles. The molecule has 96 valence electrons. The molecule has 1 aromatic rings. The maximum absolute atomic E-state index is 11.8. The van der Waals surface area contributed by atoms with Gasteiger partial charge >= 0.3 is 5.95 Å². The van der Waals surface area contributed by atoms with Crippen LogP contribution in [0.2, 0.25) is 0 Å². The summed E-state index contributed by atoms with van der Waals surface area (Å²) in [6.07, 6.45) is 3.54. The molecule has 0 radical (unpaired) electrons. The lowest BCUT2D eigenvalue weighted by Gasteiger charge is -2.20. The van der Waals surface area contributed by atoms with Crippen LogP contribution in [0.25, 0.3) is 0 Å². The fourth-order valence-electron chi connectivity index (χ4n) is 1.70. The van der Waals surface area contributed by atoms with Gasteiger partial charge in [-0.15, -0.1) is 0 Å². The molecule has 0 fully saturated rings. The molecule has 0 bridgehead atoms. The topological polar surface area (TPSA) is 46.3 Å². The van der Waals surface area contributed by atoms with Gasteiger partial charge in [0, 0.05) is 20.2 Å². The van der Waals surface area contributed by atoms with Gasteiger partial charge < -0.3 is 10.1 Å². The lowest BCUT2D eigenvalue weighted by Crippen LogP contribution is -2.40. The number of rotatable bonds is 6. The van der Waals surface area contributed by atoms with E-state index in [0.29, 0.717) is 5.95 Å². The van der Waals surface area contributed by atoms with Crippen LogP contribution in [0, 0.1) is 5.21 Å². The molecule has 0 unspecified atom stereocenters. The molecule has 0 saturated heterocycles. The van der Waals surface area contributed by atoms with E-state index in [1.165, 1.54) is 6.20 Å². The Morgan fingerprint density at radius 3 is 2.29 bits per heavy atom. The second-order valence-electron chi connectivity index (χ2n) is 4.29. The summed E-state index contributed by atoms with van der Waals surface area (Å²) in [7, 11) is 3.84. The van der Waals surface area contributed by atoms with E-state index in [2.05, 4.69) is 18.8 Å². The van der Waals surface area contributed by atoms with Crippen LogP contribution in [-0.4, -0.2) is 32.2 Å². The largest absolute Gasteiger partial charge is 0.740 e. The summed E-state index contributed by atoms with van der Waals surface area (Å²) in [5.41, 5.74) is 0. The summed E-state index contributed by atoms with van der Waals surface area (Å²) in [6.45, 7) is 5.93. The Labute approximate surface area is 103 Å². The summed E-state index contributed by atoms with van der Waals surface area (Å²) in [4.78, 5) is 8.36. The van der Waals surface area contributed by atoms with E-state index >= 15 is 0 Å². The van der Waals surface area contributed by atoms with Crippen molar-refractivity contribution in [3.8, 4) is 0 Å². The van der Waals surface area contributed by atoms with Gasteiger partial charge in [0.15, 0.2) is 0 Å². The SMILES string of the molecule is CCCN(CCC)c1nc(N(C)C)cc[n+]1[O-]. The Bertz CT molecular complexity index is 348. The Morgan fingerprint density at radius 1 is 1.24 bits per heavy atom. The van der Waals surface area contributed by atoms with Crippen LogP contribution in [0.5, 0.6) is 0 Å². The molecule has 5 heteroatoms. The molecule has 0 aliphatic carbocycles. The van der Waals surface area contributed by atoms with E-state index in [1.807, 2.05) is 23.9 Å². The first kappa shape index (κ1) is 13.5. The Hall–Kier alpha value is -1.52. The first-order valence-electron chi connectivity index (χ1n) is 6.12. The Kier molecular flexibility index (Phi) is 5.00. The van der Waals surface area contributed by atoms with Crippen molar-refractivity contribution in [2.75, 3.05) is 37.0 Å². The molecule has 17 heavy (non-hydrogen) atoms. The van der Waals surface area contributed by atoms with Crippen LogP contribution < -0.4 is 14.5 Å². The molecular formula is C12H22N4O. The van der Waals surface area contributed by atoms with Crippen LogP contribution in [0.4, 0.5) is 11.8 Å². The van der Waals surface area contributed by atoms with Crippen molar-refractivity contribution in [1.82, 2.24) is 4.98 Å². The molecule has 0 atom stereocenters. The van der Waals surface area contributed by atoms with Gasteiger partial charge in [-0.25, -0.2) is 4.73 Å². The number of aromatic nitrogens is 2. The number of hydrogen-bond acceptors (Lipinski definition) is 4. The zero-order valence-corrected chi connectivity index (χ0v) is 11.2. The molecular weight excluding hydrogens is 216 g/mol. The van der Waals surface area contributed by atoms with Crippen LogP contribution in [-0.2, 0) is 0 Å². The third-order valence-electron chi connectivity index (χ3n) is 2.50. The molecule has 0 aliphatic heterocycles. The lowest BCUT2D eigenvalue weighted by molar-refractivity contribution is -0.595. The fourth-order valence-corrected chi connectivity index (χ4v) is 1.70. The van der Waals surface area contributed by atoms with E-state index < -0.39 is 0 Å². The molecule has 1 rings (SSSR count). The monoisotopic (exact) mass is 238 g/mol. The van der Waals surface area contributed by atoms with Crippen LogP contribution in [0.15, 0.2) is 12.3 Å². The predicted octanol–water partition coefficient (Wildman–Crippen LogP) is 1.41. The minimum atomic E-state index is 0.500. The zero-order chi connectivity index (χ0) is 12.8. The number of anilines is 2. The van der Waals surface area contributed by atoms with Gasteiger partial charge in [-0.1, -0.05) is 18.8 Å². The quantitative estimate of drug-likeness (QED) is 0.555. The lowest BCUT2D eigenvalue weighted by atomic mass is 10.3. The van der Waals surface area contributed by atoms with Crippen LogP contribution in [0.3, 0.4) is 0 Å². The standard InChI is InChI=1S/C12H22N4O/c1-5-8-15(9-6-2)12-13-11(14(3)4)7-10-16(12)17/h7,10H,5-6,8-9H2,1-4H3. The molecule has 0 N–H and O–H groups in total. The summed E-state index contributed by atoms with van der Waals surface area (Å²) >= 11 is 0. The van der Waals surface area contributed by atoms with Gasteiger partial charge in [0.05, 0.1) is 19.3 Å². The predicted molar refractivity (Wildman–Crippen MR) is 70.3 cm³/mol. The molecule has 5 nitrogen and oxygen atoms in total. The molecule has 1 aromatic heterocycles. The smallest absolute Gasteiger partial charge is 0.396 e. The Morgan fingerprint density at radius 2 is 1.82 bits per heavy atom. The van der Waals surface area contributed by atoms with E-state index in [0.717, 1.165) is 36.5 Å². The average molecular weight is 238 g/mol. The Balaban J connectivity index is 3.02. The summed E-state index contributed by atoms with van der Waals surface area (Å²) in [5, 5.41) is 11.8. The highest BCUT2D eigenvalue weighted by molar-refractivity contribution is 5.39. The van der Waals surface area contributed by atoms with Gasteiger partial charge in [0.25, 0.3) is 0 Å². The summed E-state index contributed by atoms with van der Waals surface area (Å²) in [6, 6.07) is 1.73. The van der Waals surface area contributed by atoms with E-state index in [4.69, 9.17) is 0 Å². The third kappa shape index (κ3) is 3.47. The van der Waals surface area contributed by atoms with Crippen LogP contribution >= 0.6 is 0 Å². The number of nitrogens with zero attached hydrogens (tertiary/aromatic N) is 4. The highest BCUT2D eigenvalue weighted by Crippen LogP contribution is 2.12. The highest BCUT2D eigenvalue weighted by atomic mass is 16.5. The minimum Gasteiger partial charge on any atom is -0.740 e. The van der Waals surface area contributed by atoms with Crippen molar-refractivity contribution >= 4 is 11.8 Å². The number of hydrogen-bond donors (Lipinski definition) is 0. The zero-order valence-electron chi connectivity index (χ0n) is 11.2. The average Bonchev–Trinajstić information content (AvgIpc) is 2.29. The molecule has 0 saturated carbocycles. The van der Waals surface area contributed by atoms with Crippen molar-refractivity contribution < 1.29 is 4.73 Å². The van der Waals surface area contributed by atoms with Gasteiger partial charge in [-0.2, -0.15) is 0 Å². The van der Waals surface area contributed by atoms with Crippen molar-refractivity contribution in [2.45, 2.75) is 26.7 Å². The van der Waals surface area contributed by atoms with Gasteiger partial charge in [-0.05, 0) is 12.8 Å². The van der Waals surface area contributed by atoms with Gasteiger partial charge in [0.1, 0.15) is 0 Å². The van der Waals surface area contributed by atoms with Gasteiger partial charge in [-0.3, -0.25) is 4.90 Å². The summed E-state index contributed by atoms with van der Waals surface area (Å²) in [5.74, 6) is 1.31. The molecule has 0 aromatic carbocycles. The second-order valence-corrected chi connectivity index (χ2v) is 4.29. The summed E-state index contributed by atoms with van der Waals surface area (Å²) < 4.78 is 0.846. The van der Waals surface area contributed by atoms with Crippen molar-refractivity contribution in [3.05, 3.63) is 17.5 Å². The van der Waals surface area contributed by atoms with Crippen LogP contribution in [0.1, 0.15) is 26.7 Å². The first-order valence-corrected chi connectivity index (χ1v) is 6.12. The maximum atomic E-state index is 11.8. The molecule has 0 aliphatic rings. The normalized spacial score (nSPS) is 10.4. The first-order chi connectivity index (χ1) is 8.10. The van der Waals surface area contributed by atoms with Crippen molar-refractivity contribution in [1.29, 1.82) is 0 Å². The van der Waals surface area contributed by atoms with Crippen molar-refractivity contribution in [3.63, 3.8) is 0 Å². The fraction of sp³-hybridized carbons (Fsp3) is 0.667. The molecule has 0 spiro atoms. The van der Waals surface area contributed by atoms with E-state index in [9.17, 15) is 5.21 Å². The maximum Gasteiger partial charge on any atom is 0.396 e. The van der Waals surface area contributed by atoms with E-state index in [1.54, 1.807) is 6.07 Å². The second kappa shape index (κ2) is 6.27.